The third kappa shape index (κ3) is 1.29. The van der Waals surface area contributed by atoms with Gasteiger partial charge in [-0.05, 0) is 30.4 Å². The van der Waals surface area contributed by atoms with Crippen LogP contribution in [0.1, 0.15) is 23.1 Å². The Kier molecular flexibility index (Phi) is 2.15. The normalized spacial score (nSPS) is 13.9. The average Bonchev–Trinajstić information content (AvgIpc) is 2.53. The van der Waals surface area contributed by atoms with E-state index < -0.39 is 0 Å². The van der Waals surface area contributed by atoms with Gasteiger partial charge in [0.05, 0.1) is 5.56 Å². The van der Waals surface area contributed by atoms with E-state index in [2.05, 4.69) is 11.1 Å². The van der Waals surface area contributed by atoms with Crippen molar-refractivity contribution in [2.45, 2.75) is 19.3 Å². The molecule has 0 bridgehead atoms. The lowest BCUT2D eigenvalue weighted by molar-refractivity contribution is 0.910. The van der Waals surface area contributed by atoms with E-state index >= 15 is 0 Å². The minimum atomic E-state index is 0.230. The Labute approximate surface area is 86.1 Å². The van der Waals surface area contributed by atoms with E-state index in [-0.39, 0.29) is 5.15 Å². The lowest BCUT2D eigenvalue weighted by Crippen LogP contribution is -1.94. The molecule has 0 radical (unpaired) electrons. The van der Waals surface area contributed by atoms with Gasteiger partial charge in [0.1, 0.15) is 16.4 Å². The van der Waals surface area contributed by atoms with E-state index in [0.717, 1.165) is 30.4 Å². The zero-order chi connectivity index (χ0) is 9.42. The number of nitrogens with zero attached hydrogens (tertiary/aromatic N) is 2. The first kappa shape index (κ1) is 8.80. The van der Waals surface area contributed by atoms with Crippen LogP contribution in [0.3, 0.4) is 0 Å². The molecule has 0 saturated heterocycles. The molecule has 0 unspecified atom stereocenters. The van der Waals surface area contributed by atoms with E-state index in [1.54, 1.807) is 0 Å². The molecule has 66 valence electrons. The summed E-state index contributed by atoms with van der Waals surface area (Å²) in [6.45, 7) is 0. The van der Waals surface area contributed by atoms with Crippen LogP contribution in [0, 0.1) is 11.3 Å². The molecule has 2 rings (SSSR count). The Morgan fingerprint density at radius 1 is 1.15 bits per heavy atom. The Hall–Kier alpha value is -0.780. The van der Waals surface area contributed by atoms with Gasteiger partial charge in [-0.2, -0.15) is 5.26 Å². The van der Waals surface area contributed by atoms with E-state index in [0.29, 0.717) is 10.7 Å². The number of halogens is 2. The average molecular weight is 213 g/mol. The van der Waals surface area contributed by atoms with Gasteiger partial charge in [-0.15, -0.1) is 0 Å². The molecule has 4 heteroatoms. The van der Waals surface area contributed by atoms with Gasteiger partial charge in [0, 0.05) is 0 Å². The van der Waals surface area contributed by atoms with Crippen molar-refractivity contribution in [1.82, 2.24) is 4.98 Å². The molecule has 1 aromatic heterocycles. The molecule has 0 spiro atoms. The summed E-state index contributed by atoms with van der Waals surface area (Å²) in [5.41, 5.74) is 2.49. The Morgan fingerprint density at radius 2 is 1.85 bits per heavy atom. The summed E-state index contributed by atoms with van der Waals surface area (Å²) in [4.78, 5) is 3.92. The second-order valence-electron chi connectivity index (χ2n) is 2.99. The summed E-state index contributed by atoms with van der Waals surface area (Å²) in [5, 5.41) is 9.54. The van der Waals surface area contributed by atoms with E-state index in [9.17, 15) is 0 Å². The first-order chi connectivity index (χ1) is 6.24. The highest BCUT2D eigenvalue weighted by Gasteiger charge is 2.21. The summed E-state index contributed by atoms with van der Waals surface area (Å²) >= 11 is 11.7. The second kappa shape index (κ2) is 3.17. The van der Waals surface area contributed by atoms with E-state index in [1.165, 1.54) is 0 Å². The largest absolute Gasteiger partial charge is 0.223 e. The van der Waals surface area contributed by atoms with Crippen molar-refractivity contribution in [3.8, 4) is 6.07 Å². The predicted octanol–water partition coefficient (Wildman–Crippen LogP) is 2.75. The predicted molar refractivity (Wildman–Crippen MR) is 51.0 cm³/mol. The fraction of sp³-hybridized carbons (Fsp3) is 0.333. The molecule has 0 fully saturated rings. The van der Waals surface area contributed by atoms with Crippen molar-refractivity contribution in [2.75, 3.05) is 0 Å². The van der Waals surface area contributed by atoms with Crippen LogP contribution in [-0.2, 0) is 12.8 Å². The molecule has 0 aromatic carbocycles. The van der Waals surface area contributed by atoms with Crippen molar-refractivity contribution in [2.24, 2.45) is 0 Å². The maximum absolute atomic E-state index is 8.86. The van der Waals surface area contributed by atoms with Crippen molar-refractivity contribution in [3.63, 3.8) is 0 Å². The lowest BCUT2D eigenvalue weighted by atomic mass is 10.1. The quantitative estimate of drug-likeness (QED) is 0.621. The van der Waals surface area contributed by atoms with Crippen LogP contribution in [0.25, 0.3) is 0 Å². The van der Waals surface area contributed by atoms with Gasteiger partial charge in [-0.3, -0.25) is 0 Å². The van der Waals surface area contributed by atoms with Gasteiger partial charge in [0.25, 0.3) is 0 Å². The third-order valence-corrected chi connectivity index (χ3v) is 2.87. The minimum Gasteiger partial charge on any atom is -0.223 e. The number of rotatable bonds is 0. The summed E-state index contributed by atoms with van der Waals surface area (Å²) < 4.78 is 0. The number of hydrogen-bond donors (Lipinski definition) is 0. The Balaban J connectivity index is 2.74. The number of fused-ring (bicyclic) bond motifs is 1. The molecule has 0 N–H and O–H groups in total. The Bertz CT molecular complexity index is 407. The lowest BCUT2D eigenvalue weighted by Gasteiger charge is -2.04. The summed E-state index contributed by atoms with van der Waals surface area (Å²) in [6.07, 6.45) is 2.83. The molecule has 0 atom stereocenters. The topological polar surface area (TPSA) is 36.7 Å². The number of hydrogen-bond acceptors (Lipinski definition) is 2. The first-order valence-electron chi connectivity index (χ1n) is 4.01. The van der Waals surface area contributed by atoms with Crippen molar-refractivity contribution >= 4 is 23.2 Å². The van der Waals surface area contributed by atoms with Crippen LogP contribution in [-0.4, -0.2) is 4.98 Å². The number of aromatic nitrogens is 1. The van der Waals surface area contributed by atoms with Gasteiger partial charge in [0.2, 0.25) is 0 Å². The van der Waals surface area contributed by atoms with E-state index in [4.69, 9.17) is 28.5 Å². The minimum absolute atomic E-state index is 0.230. The van der Waals surface area contributed by atoms with Crippen LogP contribution < -0.4 is 0 Å². The molecule has 0 amide bonds. The molecular weight excluding hydrogens is 207 g/mol. The highest BCUT2D eigenvalue weighted by Crippen LogP contribution is 2.33. The van der Waals surface area contributed by atoms with Crippen molar-refractivity contribution in [3.05, 3.63) is 27.0 Å². The molecule has 1 heterocycles. The van der Waals surface area contributed by atoms with Crippen LogP contribution in [0.5, 0.6) is 0 Å². The standard InChI is InChI=1S/C9H6Cl2N2/c10-8-6-3-1-2-5(6)7(4-12)9(11)13-8/h1-3H2. The van der Waals surface area contributed by atoms with Gasteiger partial charge in [0.15, 0.2) is 0 Å². The molecule has 1 aromatic rings. The maximum atomic E-state index is 8.86. The van der Waals surface area contributed by atoms with Crippen LogP contribution >= 0.6 is 23.2 Å². The highest BCUT2D eigenvalue weighted by molar-refractivity contribution is 6.33. The summed E-state index contributed by atoms with van der Waals surface area (Å²) in [7, 11) is 0. The van der Waals surface area contributed by atoms with E-state index in [1.807, 2.05) is 0 Å². The number of nitriles is 1. The van der Waals surface area contributed by atoms with Gasteiger partial charge < -0.3 is 0 Å². The fourth-order valence-electron chi connectivity index (χ4n) is 1.69. The molecular formula is C9H6Cl2N2. The molecule has 0 saturated carbocycles. The first-order valence-corrected chi connectivity index (χ1v) is 4.76. The Morgan fingerprint density at radius 3 is 2.54 bits per heavy atom. The molecule has 1 aliphatic rings. The third-order valence-electron chi connectivity index (χ3n) is 2.28. The second-order valence-corrected chi connectivity index (χ2v) is 3.71. The highest BCUT2D eigenvalue weighted by atomic mass is 35.5. The summed E-state index contributed by atoms with van der Waals surface area (Å²) in [6, 6.07) is 2.07. The summed E-state index contributed by atoms with van der Waals surface area (Å²) in [5.74, 6) is 0. The number of pyridine rings is 1. The monoisotopic (exact) mass is 212 g/mol. The van der Waals surface area contributed by atoms with Gasteiger partial charge >= 0.3 is 0 Å². The SMILES string of the molecule is N#Cc1c(Cl)nc(Cl)c2c1CCC2. The van der Waals surface area contributed by atoms with Crippen molar-refractivity contribution < 1.29 is 0 Å². The van der Waals surface area contributed by atoms with Gasteiger partial charge in [-0.25, -0.2) is 4.98 Å². The molecule has 13 heavy (non-hydrogen) atoms. The fourth-order valence-corrected chi connectivity index (χ4v) is 2.27. The molecule has 2 nitrogen and oxygen atoms in total. The van der Waals surface area contributed by atoms with Crippen molar-refractivity contribution in [1.29, 1.82) is 5.26 Å². The van der Waals surface area contributed by atoms with Crippen LogP contribution in [0.4, 0.5) is 0 Å². The zero-order valence-electron chi connectivity index (χ0n) is 6.77. The maximum Gasteiger partial charge on any atom is 0.148 e. The molecule has 1 aliphatic carbocycles. The van der Waals surface area contributed by atoms with Crippen LogP contribution in [0.15, 0.2) is 0 Å². The smallest absolute Gasteiger partial charge is 0.148 e. The zero-order valence-corrected chi connectivity index (χ0v) is 8.28. The van der Waals surface area contributed by atoms with Gasteiger partial charge in [-0.1, -0.05) is 23.2 Å². The molecule has 0 aliphatic heterocycles. The van der Waals surface area contributed by atoms with Crippen LogP contribution in [0.2, 0.25) is 10.3 Å².